The van der Waals surface area contributed by atoms with Crippen LogP contribution in [-0.4, -0.2) is 43.5 Å². The predicted octanol–water partition coefficient (Wildman–Crippen LogP) is 3.91. The minimum Gasteiger partial charge on any atom is -0.465 e. The van der Waals surface area contributed by atoms with E-state index in [4.69, 9.17) is 14.2 Å². The van der Waals surface area contributed by atoms with Gasteiger partial charge in [0.2, 0.25) is 10.0 Å². The Kier molecular flexibility index (Phi) is 8.49. The minimum atomic E-state index is -3.62. The summed E-state index contributed by atoms with van der Waals surface area (Å²) in [6.45, 7) is 5.41. The molecular formula is C24H30N4O6S. The number of hydrogen-bond acceptors (Lipinski definition) is 7. The first kappa shape index (κ1) is 26.2. The second-order valence-electron chi connectivity index (χ2n) is 8.06. The molecule has 2 N–H and O–H groups in total. The normalized spacial score (nSPS) is 12.4. The Hall–Kier alpha value is -3.41. The van der Waals surface area contributed by atoms with Gasteiger partial charge in [0.1, 0.15) is 17.2 Å². The van der Waals surface area contributed by atoms with E-state index >= 15 is 0 Å². The molecule has 0 radical (unpaired) electrons. The van der Waals surface area contributed by atoms with Gasteiger partial charge in [0.15, 0.2) is 12.1 Å². The summed E-state index contributed by atoms with van der Waals surface area (Å²) in [5, 5.41) is 6.89. The number of nitrogens with one attached hydrogen (secondary N) is 2. The first-order chi connectivity index (χ1) is 16.6. The standard InChI is InChI=1S/C24H30N4O6S/c1-6-23(32-5)34-20-14-17(24(29)25-22-11-12-28(4)26-22)13-19(15-20)33-18-7-9-21(10-8-18)35(30,31)27-16(2)3/h7-16,23,27H,6H2,1-5H3,(H,25,26,29). The van der Waals surface area contributed by atoms with Crippen LogP contribution in [0.4, 0.5) is 5.82 Å². The van der Waals surface area contributed by atoms with E-state index in [2.05, 4.69) is 15.1 Å². The van der Waals surface area contributed by atoms with Crippen molar-refractivity contribution in [3.8, 4) is 17.2 Å². The van der Waals surface area contributed by atoms with Crippen molar-refractivity contribution in [2.45, 2.75) is 44.4 Å². The fourth-order valence-corrected chi connectivity index (χ4v) is 4.40. The maximum Gasteiger partial charge on any atom is 0.257 e. The molecule has 1 atom stereocenters. The molecule has 0 saturated heterocycles. The van der Waals surface area contributed by atoms with Gasteiger partial charge < -0.3 is 19.5 Å². The second-order valence-corrected chi connectivity index (χ2v) is 9.78. The molecule has 188 valence electrons. The van der Waals surface area contributed by atoms with Gasteiger partial charge in [-0.05, 0) is 50.2 Å². The fraction of sp³-hybridized carbons (Fsp3) is 0.333. The van der Waals surface area contributed by atoms with E-state index in [1.54, 1.807) is 68.2 Å². The number of ether oxygens (including phenoxy) is 3. The molecule has 10 nitrogen and oxygen atoms in total. The predicted molar refractivity (Wildman–Crippen MR) is 131 cm³/mol. The molecule has 0 aliphatic heterocycles. The molecule has 0 fully saturated rings. The van der Waals surface area contributed by atoms with Crippen molar-refractivity contribution >= 4 is 21.7 Å². The molecule has 35 heavy (non-hydrogen) atoms. The number of methoxy groups -OCH3 is 1. The largest absolute Gasteiger partial charge is 0.465 e. The van der Waals surface area contributed by atoms with Gasteiger partial charge >= 0.3 is 0 Å². The summed E-state index contributed by atoms with van der Waals surface area (Å²) in [5.74, 6) is 1.10. The Morgan fingerprint density at radius 2 is 1.74 bits per heavy atom. The second kappa shape index (κ2) is 11.3. The first-order valence-electron chi connectivity index (χ1n) is 11.1. The van der Waals surface area contributed by atoms with E-state index < -0.39 is 22.2 Å². The average molecular weight is 503 g/mol. The van der Waals surface area contributed by atoms with Crippen molar-refractivity contribution < 1.29 is 27.4 Å². The lowest BCUT2D eigenvalue weighted by atomic mass is 10.2. The number of carbonyl (C=O) groups excluding carboxylic acids is 1. The molecule has 11 heteroatoms. The van der Waals surface area contributed by atoms with Crippen LogP contribution >= 0.6 is 0 Å². The number of carbonyl (C=O) groups is 1. The smallest absolute Gasteiger partial charge is 0.257 e. The quantitative estimate of drug-likeness (QED) is 0.381. The molecule has 0 spiro atoms. The summed E-state index contributed by atoms with van der Waals surface area (Å²) in [6, 6.07) is 12.2. The van der Waals surface area contributed by atoms with Crippen LogP contribution in [0.5, 0.6) is 17.2 Å². The van der Waals surface area contributed by atoms with Crippen molar-refractivity contribution in [2.75, 3.05) is 12.4 Å². The molecule has 1 amide bonds. The maximum atomic E-state index is 12.9. The van der Waals surface area contributed by atoms with Crippen LogP contribution in [0.25, 0.3) is 0 Å². The Labute approximate surface area is 205 Å². The summed E-state index contributed by atoms with van der Waals surface area (Å²) in [4.78, 5) is 13.0. The van der Waals surface area contributed by atoms with Crippen molar-refractivity contribution in [3.05, 3.63) is 60.3 Å². The highest BCUT2D eigenvalue weighted by molar-refractivity contribution is 7.89. The van der Waals surface area contributed by atoms with E-state index in [0.29, 0.717) is 29.5 Å². The highest BCUT2D eigenvalue weighted by atomic mass is 32.2. The summed E-state index contributed by atoms with van der Waals surface area (Å²) < 4.78 is 45.9. The molecule has 0 saturated carbocycles. The summed E-state index contributed by atoms with van der Waals surface area (Å²) in [5.41, 5.74) is 0.287. The van der Waals surface area contributed by atoms with E-state index in [0.717, 1.165) is 0 Å². The maximum absolute atomic E-state index is 12.9. The molecule has 0 aliphatic rings. The van der Waals surface area contributed by atoms with Gasteiger partial charge in [-0.1, -0.05) is 6.92 Å². The Balaban J connectivity index is 1.87. The number of rotatable bonds is 11. The summed E-state index contributed by atoms with van der Waals surface area (Å²) in [6.07, 6.45) is 1.81. The lowest BCUT2D eigenvalue weighted by molar-refractivity contribution is -0.0549. The van der Waals surface area contributed by atoms with Crippen LogP contribution in [0.2, 0.25) is 0 Å². The number of hydrogen-bond donors (Lipinski definition) is 2. The molecule has 1 unspecified atom stereocenters. The topological polar surface area (TPSA) is 121 Å². The van der Waals surface area contributed by atoms with Gasteiger partial charge in [-0.3, -0.25) is 9.48 Å². The summed E-state index contributed by atoms with van der Waals surface area (Å²) >= 11 is 0. The van der Waals surface area contributed by atoms with Crippen LogP contribution in [-0.2, 0) is 21.8 Å². The molecule has 2 aromatic carbocycles. The zero-order chi connectivity index (χ0) is 25.6. The SMILES string of the molecule is CCC(OC)Oc1cc(Oc2ccc(S(=O)(=O)NC(C)C)cc2)cc(C(=O)Nc2ccn(C)n2)c1. The molecule has 3 rings (SSSR count). The molecule has 0 aliphatic carbocycles. The van der Waals surface area contributed by atoms with Crippen molar-refractivity contribution in [1.29, 1.82) is 0 Å². The third-order valence-electron chi connectivity index (χ3n) is 4.72. The average Bonchev–Trinajstić information content (AvgIpc) is 3.21. The third kappa shape index (κ3) is 7.28. The minimum absolute atomic E-state index is 0.122. The lowest BCUT2D eigenvalue weighted by Crippen LogP contribution is -2.30. The van der Waals surface area contributed by atoms with Crippen LogP contribution in [0.15, 0.2) is 59.6 Å². The van der Waals surface area contributed by atoms with Gasteiger partial charge in [-0.2, -0.15) is 5.10 Å². The van der Waals surface area contributed by atoms with Gasteiger partial charge in [0.25, 0.3) is 5.91 Å². The number of sulfonamides is 1. The number of anilines is 1. The van der Waals surface area contributed by atoms with Gasteiger partial charge in [-0.25, -0.2) is 13.1 Å². The molecule has 1 aromatic heterocycles. The van der Waals surface area contributed by atoms with Crippen molar-refractivity contribution in [3.63, 3.8) is 0 Å². The zero-order valence-corrected chi connectivity index (χ0v) is 21.1. The highest BCUT2D eigenvalue weighted by Crippen LogP contribution is 2.29. The molecule has 0 bridgehead atoms. The van der Waals surface area contributed by atoms with E-state index in [1.165, 1.54) is 19.2 Å². The third-order valence-corrected chi connectivity index (χ3v) is 6.40. The number of aryl methyl sites for hydroxylation is 1. The first-order valence-corrected chi connectivity index (χ1v) is 12.5. The zero-order valence-electron chi connectivity index (χ0n) is 20.3. The number of benzene rings is 2. The Morgan fingerprint density at radius 1 is 1.06 bits per heavy atom. The van der Waals surface area contributed by atoms with Gasteiger partial charge in [0, 0.05) is 50.5 Å². The van der Waals surface area contributed by atoms with E-state index in [1.807, 2.05) is 6.92 Å². The van der Waals surface area contributed by atoms with Crippen LogP contribution in [0.1, 0.15) is 37.6 Å². The van der Waals surface area contributed by atoms with Crippen LogP contribution in [0.3, 0.4) is 0 Å². The van der Waals surface area contributed by atoms with E-state index in [-0.39, 0.29) is 16.5 Å². The molecular weight excluding hydrogens is 472 g/mol. The molecule has 1 heterocycles. The fourth-order valence-electron chi connectivity index (χ4n) is 3.15. The number of nitrogens with zero attached hydrogens (tertiary/aromatic N) is 2. The monoisotopic (exact) mass is 502 g/mol. The van der Waals surface area contributed by atoms with Crippen LogP contribution in [0, 0.1) is 0 Å². The molecule has 3 aromatic rings. The Morgan fingerprint density at radius 3 is 2.31 bits per heavy atom. The lowest BCUT2D eigenvalue weighted by Gasteiger charge is -2.17. The number of amides is 1. The van der Waals surface area contributed by atoms with Crippen LogP contribution < -0.4 is 19.5 Å². The van der Waals surface area contributed by atoms with E-state index in [9.17, 15) is 13.2 Å². The summed E-state index contributed by atoms with van der Waals surface area (Å²) in [7, 11) is -0.335. The van der Waals surface area contributed by atoms with Crippen molar-refractivity contribution in [2.24, 2.45) is 7.05 Å². The Bertz CT molecular complexity index is 1250. The highest BCUT2D eigenvalue weighted by Gasteiger charge is 2.17. The van der Waals surface area contributed by atoms with Gasteiger partial charge in [-0.15, -0.1) is 0 Å². The van der Waals surface area contributed by atoms with Gasteiger partial charge in [0.05, 0.1) is 4.90 Å². The van der Waals surface area contributed by atoms with Crippen molar-refractivity contribution in [1.82, 2.24) is 14.5 Å². The number of aromatic nitrogens is 2.